The largest absolute Gasteiger partial charge is 0.497 e. The van der Waals surface area contributed by atoms with Gasteiger partial charge >= 0.3 is 0 Å². The van der Waals surface area contributed by atoms with Crippen molar-refractivity contribution >= 4 is 22.6 Å². The van der Waals surface area contributed by atoms with Crippen molar-refractivity contribution in [2.75, 3.05) is 12.4 Å². The highest BCUT2D eigenvalue weighted by molar-refractivity contribution is 5.95. The molecule has 1 heterocycles. The van der Waals surface area contributed by atoms with E-state index in [0.29, 0.717) is 0 Å². The van der Waals surface area contributed by atoms with Crippen LogP contribution in [-0.2, 0) is 11.2 Å². The van der Waals surface area contributed by atoms with Gasteiger partial charge in [-0.2, -0.15) is 0 Å². The lowest BCUT2D eigenvalue weighted by molar-refractivity contribution is -0.115. The van der Waals surface area contributed by atoms with E-state index in [9.17, 15) is 4.79 Å². The highest BCUT2D eigenvalue weighted by Gasteiger charge is 2.14. The van der Waals surface area contributed by atoms with E-state index < -0.39 is 0 Å². The van der Waals surface area contributed by atoms with Crippen LogP contribution in [0.15, 0.2) is 52.9 Å². The Morgan fingerprint density at radius 3 is 2.59 bits per heavy atom. The summed E-state index contributed by atoms with van der Waals surface area (Å²) in [6.07, 6.45) is 0.287. The molecule has 0 bridgehead atoms. The Kier molecular flexibility index (Phi) is 3.83. The van der Waals surface area contributed by atoms with E-state index in [1.165, 1.54) is 0 Å². The maximum Gasteiger partial charge on any atom is 0.228 e. The molecule has 22 heavy (non-hydrogen) atoms. The van der Waals surface area contributed by atoms with Gasteiger partial charge in [-0.1, -0.05) is 18.2 Å². The maximum atomic E-state index is 12.2. The number of hydrogen-bond donors (Lipinski definition) is 1. The normalized spacial score (nSPS) is 10.6. The topological polar surface area (TPSA) is 51.5 Å². The summed E-state index contributed by atoms with van der Waals surface area (Å²) >= 11 is 0. The molecule has 0 saturated carbocycles. The number of anilines is 1. The SMILES string of the molecule is COc1ccc(NC(=O)Cc2c(C)oc3ccccc23)cc1. The molecule has 0 aliphatic carbocycles. The summed E-state index contributed by atoms with van der Waals surface area (Å²) in [6.45, 7) is 1.88. The Labute approximate surface area is 128 Å². The number of ether oxygens (including phenoxy) is 1. The van der Waals surface area contributed by atoms with Gasteiger partial charge in [0.2, 0.25) is 5.91 Å². The number of nitrogens with one attached hydrogen (secondary N) is 1. The van der Waals surface area contributed by atoms with Crippen molar-refractivity contribution in [3.8, 4) is 5.75 Å². The number of fused-ring (bicyclic) bond motifs is 1. The predicted octanol–water partition coefficient (Wildman–Crippen LogP) is 3.93. The smallest absolute Gasteiger partial charge is 0.228 e. The number of benzene rings is 2. The molecule has 2 aromatic carbocycles. The molecule has 0 radical (unpaired) electrons. The minimum atomic E-state index is -0.0696. The minimum Gasteiger partial charge on any atom is -0.497 e. The molecule has 3 rings (SSSR count). The average Bonchev–Trinajstić information content (AvgIpc) is 2.84. The Bertz CT molecular complexity index is 803. The number of carbonyl (C=O) groups is 1. The van der Waals surface area contributed by atoms with Gasteiger partial charge in [0.15, 0.2) is 0 Å². The van der Waals surface area contributed by atoms with Crippen LogP contribution >= 0.6 is 0 Å². The van der Waals surface area contributed by atoms with Gasteiger partial charge in [0.1, 0.15) is 17.1 Å². The fourth-order valence-corrected chi connectivity index (χ4v) is 2.48. The van der Waals surface area contributed by atoms with Gasteiger partial charge in [0, 0.05) is 16.6 Å². The monoisotopic (exact) mass is 295 g/mol. The van der Waals surface area contributed by atoms with Crippen molar-refractivity contribution in [2.24, 2.45) is 0 Å². The van der Waals surface area contributed by atoms with E-state index in [4.69, 9.17) is 9.15 Å². The Hall–Kier alpha value is -2.75. The number of furan rings is 1. The second-order valence-corrected chi connectivity index (χ2v) is 5.09. The van der Waals surface area contributed by atoms with E-state index in [-0.39, 0.29) is 12.3 Å². The molecule has 0 unspecified atom stereocenters. The lowest BCUT2D eigenvalue weighted by Crippen LogP contribution is -2.14. The molecule has 3 aromatic rings. The Balaban J connectivity index is 1.76. The van der Waals surface area contributed by atoms with Gasteiger partial charge < -0.3 is 14.5 Å². The number of para-hydroxylation sites is 1. The summed E-state index contributed by atoms with van der Waals surface area (Å²) in [5.41, 5.74) is 2.49. The summed E-state index contributed by atoms with van der Waals surface area (Å²) in [6, 6.07) is 15.0. The predicted molar refractivity (Wildman–Crippen MR) is 86.3 cm³/mol. The number of carbonyl (C=O) groups excluding carboxylic acids is 1. The first-order valence-electron chi connectivity index (χ1n) is 7.08. The molecule has 1 N–H and O–H groups in total. The van der Waals surface area contributed by atoms with E-state index >= 15 is 0 Å². The van der Waals surface area contributed by atoms with Crippen molar-refractivity contribution in [1.29, 1.82) is 0 Å². The van der Waals surface area contributed by atoms with Gasteiger partial charge in [-0.25, -0.2) is 0 Å². The van der Waals surface area contributed by atoms with Gasteiger partial charge in [-0.3, -0.25) is 4.79 Å². The highest BCUT2D eigenvalue weighted by Crippen LogP contribution is 2.26. The van der Waals surface area contributed by atoms with Crippen LogP contribution in [-0.4, -0.2) is 13.0 Å². The van der Waals surface area contributed by atoms with Crippen LogP contribution in [0, 0.1) is 6.92 Å². The van der Waals surface area contributed by atoms with Crippen LogP contribution in [0.25, 0.3) is 11.0 Å². The lowest BCUT2D eigenvalue weighted by atomic mass is 10.1. The van der Waals surface area contributed by atoms with Crippen molar-refractivity contribution < 1.29 is 13.9 Å². The molecule has 0 saturated heterocycles. The first-order chi connectivity index (χ1) is 10.7. The van der Waals surface area contributed by atoms with E-state index in [1.54, 1.807) is 7.11 Å². The Morgan fingerprint density at radius 2 is 1.86 bits per heavy atom. The fourth-order valence-electron chi connectivity index (χ4n) is 2.48. The molecular weight excluding hydrogens is 278 g/mol. The molecule has 4 heteroatoms. The van der Waals surface area contributed by atoms with Crippen LogP contribution < -0.4 is 10.1 Å². The molecule has 1 aromatic heterocycles. The summed E-state index contributed by atoms with van der Waals surface area (Å²) < 4.78 is 10.8. The van der Waals surface area contributed by atoms with Crippen LogP contribution in [0.2, 0.25) is 0 Å². The summed E-state index contributed by atoms with van der Waals surface area (Å²) in [5, 5.41) is 3.88. The lowest BCUT2D eigenvalue weighted by Gasteiger charge is -2.06. The maximum absolute atomic E-state index is 12.2. The summed E-state index contributed by atoms with van der Waals surface area (Å²) in [7, 11) is 1.61. The fraction of sp³-hybridized carbons (Fsp3) is 0.167. The molecule has 112 valence electrons. The standard InChI is InChI=1S/C18H17NO3/c1-12-16(15-5-3-4-6-17(15)22-12)11-18(20)19-13-7-9-14(21-2)10-8-13/h3-10H,11H2,1-2H3,(H,19,20). The molecule has 0 aliphatic rings. The molecule has 0 aliphatic heterocycles. The zero-order chi connectivity index (χ0) is 15.5. The molecule has 1 amide bonds. The number of methoxy groups -OCH3 is 1. The van der Waals surface area contributed by atoms with Crippen LogP contribution in [0.3, 0.4) is 0 Å². The van der Waals surface area contributed by atoms with E-state index in [2.05, 4.69) is 5.32 Å². The molecule has 4 nitrogen and oxygen atoms in total. The number of hydrogen-bond acceptors (Lipinski definition) is 3. The average molecular weight is 295 g/mol. The molecular formula is C18H17NO3. The van der Waals surface area contributed by atoms with Crippen molar-refractivity contribution in [3.05, 3.63) is 59.9 Å². The third-order valence-electron chi connectivity index (χ3n) is 3.61. The third-order valence-corrected chi connectivity index (χ3v) is 3.61. The first kappa shape index (κ1) is 14.2. The van der Waals surface area contributed by atoms with E-state index in [0.717, 1.165) is 33.7 Å². The van der Waals surface area contributed by atoms with Gasteiger partial charge in [-0.15, -0.1) is 0 Å². The number of rotatable bonds is 4. The zero-order valence-corrected chi connectivity index (χ0v) is 12.6. The van der Waals surface area contributed by atoms with Gasteiger partial charge in [0.05, 0.1) is 13.5 Å². The summed E-state index contributed by atoms with van der Waals surface area (Å²) in [5.74, 6) is 1.47. The second-order valence-electron chi connectivity index (χ2n) is 5.09. The molecule has 0 fully saturated rings. The van der Waals surface area contributed by atoms with Crippen LogP contribution in [0.1, 0.15) is 11.3 Å². The summed E-state index contributed by atoms with van der Waals surface area (Å²) in [4.78, 5) is 12.2. The quantitative estimate of drug-likeness (QED) is 0.793. The van der Waals surface area contributed by atoms with Crippen molar-refractivity contribution in [2.45, 2.75) is 13.3 Å². The third kappa shape index (κ3) is 2.81. The second kappa shape index (κ2) is 5.93. The van der Waals surface area contributed by atoms with Crippen molar-refractivity contribution in [3.63, 3.8) is 0 Å². The van der Waals surface area contributed by atoms with Crippen LogP contribution in [0.4, 0.5) is 5.69 Å². The number of amides is 1. The van der Waals surface area contributed by atoms with Gasteiger partial charge in [-0.05, 0) is 37.3 Å². The molecule has 0 atom stereocenters. The first-order valence-corrected chi connectivity index (χ1v) is 7.08. The van der Waals surface area contributed by atoms with Crippen molar-refractivity contribution in [1.82, 2.24) is 0 Å². The highest BCUT2D eigenvalue weighted by atomic mass is 16.5. The van der Waals surface area contributed by atoms with Crippen LogP contribution in [0.5, 0.6) is 5.75 Å². The van der Waals surface area contributed by atoms with Gasteiger partial charge in [0.25, 0.3) is 0 Å². The van der Waals surface area contributed by atoms with E-state index in [1.807, 2.05) is 55.5 Å². The number of aryl methyl sites for hydroxylation is 1. The minimum absolute atomic E-state index is 0.0696. The molecule has 0 spiro atoms. The Morgan fingerprint density at radius 1 is 1.14 bits per heavy atom. The zero-order valence-electron chi connectivity index (χ0n) is 12.6.